The highest BCUT2D eigenvalue weighted by atomic mass is 79.9. The number of nitrogens with zero attached hydrogens (tertiary/aromatic N) is 2. The Balaban J connectivity index is 1.35. The van der Waals surface area contributed by atoms with E-state index < -0.39 is 67.7 Å². The summed E-state index contributed by atoms with van der Waals surface area (Å²) in [5.41, 5.74) is -1.56. The molecule has 2 aliphatic carbocycles. The second-order valence-corrected chi connectivity index (χ2v) is 19.6. The number of methoxy groups -OCH3 is 1. The van der Waals surface area contributed by atoms with Crippen molar-refractivity contribution < 1.29 is 46.5 Å². The number of carbonyl (C=O) groups is 4. The lowest BCUT2D eigenvalue weighted by molar-refractivity contribution is -0.140. The number of rotatable bonds is 9. The summed E-state index contributed by atoms with van der Waals surface area (Å²) in [5, 5.41) is 3.41. The van der Waals surface area contributed by atoms with Crippen LogP contribution >= 0.6 is 15.9 Å². The SMILES string of the molecule is CCOc1cc(O[C@@H]2C[C@H]3C(=O)C[C@]4(C(=O)NS(=O)(=O)C5(C)CC5)C[C@@H]4/C=C\CCCCC[C@H](NC(=O)OC(C)(C)C)C(=O)N3C2)c2ccc(OC)c(Br)c2n1. The number of benzene rings is 1. The van der Waals surface area contributed by atoms with Crippen LogP contribution in [0, 0.1) is 11.3 Å². The highest BCUT2D eigenvalue weighted by molar-refractivity contribution is 9.10. The minimum absolute atomic E-state index is 0.00209. The number of Topliss-reactive ketones (excluding diaryl/α,β-unsaturated/α-hetero) is 1. The molecule has 1 saturated heterocycles. The second-order valence-electron chi connectivity index (χ2n) is 16.6. The van der Waals surface area contributed by atoms with Crippen molar-refractivity contribution in [2.75, 3.05) is 20.3 Å². The summed E-state index contributed by atoms with van der Waals surface area (Å²) in [7, 11) is -2.41. The molecule has 0 radical (unpaired) electrons. The van der Waals surface area contributed by atoms with Crippen molar-refractivity contribution in [1.82, 2.24) is 19.9 Å². The Kier molecular flexibility index (Phi) is 12.0. The molecule has 56 heavy (non-hydrogen) atoms. The fourth-order valence-corrected chi connectivity index (χ4v) is 9.51. The maximum atomic E-state index is 14.6. The summed E-state index contributed by atoms with van der Waals surface area (Å²) < 4.78 is 51.7. The van der Waals surface area contributed by atoms with E-state index in [0.717, 1.165) is 12.8 Å². The van der Waals surface area contributed by atoms with Gasteiger partial charge in [0.25, 0.3) is 0 Å². The quantitative estimate of drug-likeness (QED) is 0.277. The first kappa shape index (κ1) is 41.7. The third kappa shape index (κ3) is 8.95. The molecule has 2 N–H and O–H groups in total. The molecule has 3 amide bonds. The molecule has 306 valence electrons. The third-order valence-electron chi connectivity index (χ3n) is 11.2. The van der Waals surface area contributed by atoms with Gasteiger partial charge in [0.05, 0.1) is 46.5 Å². The zero-order chi connectivity index (χ0) is 40.6. The fourth-order valence-electron chi connectivity index (χ4n) is 7.58. The highest BCUT2D eigenvalue weighted by Gasteiger charge is 2.62. The molecule has 14 nitrogen and oxygen atoms in total. The van der Waals surface area contributed by atoms with Gasteiger partial charge in [-0.3, -0.25) is 19.1 Å². The van der Waals surface area contributed by atoms with E-state index in [-0.39, 0.29) is 25.3 Å². The monoisotopic (exact) mass is 860 g/mol. The minimum atomic E-state index is -3.96. The summed E-state index contributed by atoms with van der Waals surface area (Å²) >= 11 is 3.59. The first-order valence-electron chi connectivity index (χ1n) is 19.4. The van der Waals surface area contributed by atoms with Crippen LogP contribution in [0.5, 0.6) is 17.4 Å². The standard InChI is InChI=1S/C40H53BrN4O10S/c1-7-53-32-20-31(26-15-16-30(52-6)33(41)34(26)43-32)54-25-19-28-29(46)22-40(36(48)44-56(50,51)39(5)17-18-39)21-24(40)13-11-9-8-10-12-14-27(35(47)45(28)23-25)42-37(49)55-38(2,3)4/h11,13,15-16,20,24-25,27-28H,7-10,12,14,17-19,21-23H2,1-6H3,(H,42,49)(H,44,48)/b13-11-/t24-,25+,27-,28-,40+/m0/s1. The number of hydrogen-bond donors (Lipinski definition) is 2. The van der Waals surface area contributed by atoms with Crippen LogP contribution in [0.2, 0.25) is 0 Å². The number of fused-ring (bicyclic) bond motifs is 3. The number of sulfonamides is 1. The van der Waals surface area contributed by atoms with Crippen molar-refractivity contribution in [1.29, 1.82) is 0 Å². The third-order valence-corrected chi connectivity index (χ3v) is 14.1. The van der Waals surface area contributed by atoms with Crippen LogP contribution in [-0.4, -0.2) is 90.8 Å². The molecular weight excluding hydrogens is 808 g/mol. The van der Waals surface area contributed by atoms with Crippen LogP contribution in [0.25, 0.3) is 10.9 Å². The van der Waals surface area contributed by atoms with Crippen molar-refractivity contribution in [2.45, 2.75) is 127 Å². The number of pyridine rings is 1. The molecule has 3 heterocycles. The van der Waals surface area contributed by atoms with Crippen LogP contribution in [0.1, 0.15) is 98.8 Å². The number of alkyl carbamates (subject to hydrolysis) is 1. The van der Waals surface area contributed by atoms with Gasteiger partial charge >= 0.3 is 6.09 Å². The number of allylic oxidation sites excluding steroid dienone is 2. The molecule has 4 aliphatic rings. The van der Waals surface area contributed by atoms with Gasteiger partial charge in [0.2, 0.25) is 27.7 Å². The van der Waals surface area contributed by atoms with Gasteiger partial charge in [0.1, 0.15) is 29.2 Å². The Morgan fingerprint density at radius 1 is 1.11 bits per heavy atom. The van der Waals surface area contributed by atoms with Gasteiger partial charge in [-0.15, -0.1) is 0 Å². The molecule has 3 fully saturated rings. The Bertz CT molecular complexity index is 2010. The largest absolute Gasteiger partial charge is 0.495 e. The molecule has 16 heteroatoms. The Morgan fingerprint density at radius 2 is 1.86 bits per heavy atom. The van der Waals surface area contributed by atoms with E-state index in [2.05, 4.69) is 31.0 Å². The molecule has 1 aromatic heterocycles. The van der Waals surface area contributed by atoms with Gasteiger partial charge < -0.3 is 29.2 Å². The average molecular weight is 862 g/mol. The van der Waals surface area contributed by atoms with Crippen LogP contribution in [0.4, 0.5) is 4.79 Å². The first-order valence-corrected chi connectivity index (χ1v) is 21.7. The molecule has 2 saturated carbocycles. The van der Waals surface area contributed by atoms with E-state index in [0.29, 0.717) is 77.9 Å². The van der Waals surface area contributed by atoms with Gasteiger partial charge in [0.15, 0.2) is 5.78 Å². The van der Waals surface area contributed by atoms with Crippen LogP contribution in [0.15, 0.2) is 34.8 Å². The molecule has 6 rings (SSSR count). The summed E-state index contributed by atoms with van der Waals surface area (Å²) in [6, 6.07) is 3.22. The van der Waals surface area contributed by atoms with E-state index in [4.69, 9.17) is 18.9 Å². The summed E-state index contributed by atoms with van der Waals surface area (Å²) in [6.45, 7) is 8.99. The van der Waals surface area contributed by atoms with Crippen LogP contribution < -0.4 is 24.2 Å². The molecule has 0 unspecified atom stereocenters. The van der Waals surface area contributed by atoms with Crippen LogP contribution in [0.3, 0.4) is 0 Å². The lowest BCUT2D eigenvalue weighted by atomic mass is 9.91. The number of hydrogen-bond acceptors (Lipinski definition) is 11. The number of carbonyl (C=O) groups excluding carboxylic acids is 4. The van der Waals surface area contributed by atoms with E-state index in [1.807, 2.05) is 25.1 Å². The van der Waals surface area contributed by atoms with Crippen molar-refractivity contribution in [3.8, 4) is 17.4 Å². The maximum Gasteiger partial charge on any atom is 0.408 e. The molecule has 0 spiro atoms. The minimum Gasteiger partial charge on any atom is -0.495 e. The Labute approximate surface area is 337 Å². The van der Waals surface area contributed by atoms with Crippen LogP contribution in [-0.2, 0) is 29.1 Å². The van der Waals surface area contributed by atoms with Crippen molar-refractivity contribution in [2.24, 2.45) is 11.3 Å². The van der Waals surface area contributed by atoms with Gasteiger partial charge in [-0.2, -0.15) is 0 Å². The van der Waals surface area contributed by atoms with E-state index in [9.17, 15) is 27.6 Å². The van der Waals surface area contributed by atoms with E-state index in [1.54, 1.807) is 46.9 Å². The average Bonchev–Trinajstić information content (AvgIpc) is 4.00. The number of amides is 3. The molecule has 5 atom stereocenters. The normalized spacial score (nSPS) is 27.2. The topological polar surface area (TPSA) is 180 Å². The van der Waals surface area contributed by atoms with Crippen molar-refractivity contribution >= 4 is 60.5 Å². The lowest BCUT2D eigenvalue weighted by Gasteiger charge is -2.30. The molecule has 2 aliphatic heterocycles. The number of ketones is 1. The zero-order valence-corrected chi connectivity index (χ0v) is 35.3. The van der Waals surface area contributed by atoms with Gasteiger partial charge in [-0.1, -0.05) is 25.0 Å². The first-order chi connectivity index (χ1) is 26.4. The Morgan fingerprint density at radius 3 is 2.54 bits per heavy atom. The van der Waals surface area contributed by atoms with Gasteiger partial charge in [0, 0.05) is 24.3 Å². The van der Waals surface area contributed by atoms with Gasteiger partial charge in [-0.25, -0.2) is 18.2 Å². The summed E-state index contributed by atoms with van der Waals surface area (Å²) in [4.78, 5) is 62.3. The number of aromatic nitrogens is 1. The lowest BCUT2D eigenvalue weighted by Crippen LogP contribution is -2.53. The van der Waals surface area contributed by atoms with E-state index >= 15 is 0 Å². The molecule has 0 bridgehead atoms. The van der Waals surface area contributed by atoms with Gasteiger partial charge in [-0.05, 0) is 107 Å². The smallest absolute Gasteiger partial charge is 0.408 e. The fraction of sp³-hybridized carbons (Fsp3) is 0.625. The zero-order valence-electron chi connectivity index (χ0n) is 32.9. The number of nitrogens with one attached hydrogen (secondary N) is 2. The van der Waals surface area contributed by atoms with Crippen molar-refractivity contribution in [3.63, 3.8) is 0 Å². The summed E-state index contributed by atoms with van der Waals surface area (Å²) in [6.07, 6.45) is 6.71. The predicted molar refractivity (Wildman–Crippen MR) is 212 cm³/mol. The molecular formula is C40H53BrN4O10S. The highest BCUT2D eigenvalue weighted by Crippen LogP contribution is 2.57. The number of halogens is 1. The van der Waals surface area contributed by atoms with Crippen molar-refractivity contribution in [3.05, 3.63) is 34.8 Å². The Hall–Kier alpha value is -3.92. The second kappa shape index (κ2) is 16.1. The summed E-state index contributed by atoms with van der Waals surface area (Å²) in [5.74, 6) is -0.612. The molecule has 1 aromatic carbocycles. The predicted octanol–water partition coefficient (Wildman–Crippen LogP) is 6.13. The molecule has 2 aromatic rings. The van der Waals surface area contributed by atoms with E-state index in [1.165, 1.54) is 4.90 Å². The maximum absolute atomic E-state index is 14.6. The number of ether oxygens (including phenoxy) is 4.